The molecule has 0 unspecified atom stereocenters. The third-order valence-corrected chi connectivity index (χ3v) is 6.30. The van der Waals surface area contributed by atoms with E-state index in [0.717, 1.165) is 23.9 Å². The second kappa shape index (κ2) is 12.7. The van der Waals surface area contributed by atoms with Crippen molar-refractivity contribution in [2.75, 3.05) is 16.9 Å². The summed E-state index contributed by atoms with van der Waals surface area (Å²) in [5.41, 5.74) is 8.98. The molecule has 0 radical (unpaired) electrons. The van der Waals surface area contributed by atoms with E-state index in [2.05, 4.69) is 31.4 Å². The lowest BCUT2D eigenvalue weighted by atomic mass is 10.0. The van der Waals surface area contributed by atoms with Crippen molar-refractivity contribution in [3.8, 4) is 11.1 Å². The Morgan fingerprint density at radius 3 is 2.17 bits per heavy atom. The summed E-state index contributed by atoms with van der Waals surface area (Å²) in [6, 6.07) is 21.3. The maximum Gasteiger partial charge on any atom is 0.409 e. The van der Waals surface area contributed by atoms with E-state index in [9.17, 15) is 13.2 Å². The molecule has 9 heteroatoms. The smallest absolute Gasteiger partial charge is 0.409 e. The predicted molar refractivity (Wildman–Crippen MR) is 147 cm³/mol. The molecule has 0 saturated heterocycles. The van der Waals surface area contributed by atoms with Gasteiger partial charge in [0.25, 0.3) is 0 Å². The van der Waals surface area contributed by atoms with Gasteiger partial charge >= 0.3 is 6.09 Å². The lowest BCUT2D eigenvalue weighted by Gasteiger charge is -2.17. The van der Waals surface area contributed by atoms with Gasteiger partial charge in [0.2, 0.25) is 0 Å². The van der Waals surface area contributed by atoms with Gasteiger partial charge in [0.1, 0.15) is 5.84 Å². The van der Waals surface area contributed by atoms with Crippen molar-refractivity contribution in [2.24, 2.45) is 11.7 Å². The fourth-order valence-corrected chi connectivity index (χ4v) is 4.62. The molecule has 6 N–H and O–H groups in total. The van der Waals surface area contributed by atoms with E-state index in [1.807, 2.05) is 24.3 Å². The van der Waals surface area contributed by atoms with Gasteiger partial charge in [-0.2, -0.15) is 0 Å². The van der Waals surface area contributed by atoms with Gasteiger partial charge in [-0.25, -0.2) is 13.2 Å². The molecule has 0 aromatic heterocycles. The van der Waals surface area contributed by atoms with Crippen LogP contribution in [0.3, 0.4) is 0 Å². The monoisotopic (exact) mass is 510 g/mol. The zero-order valence-electron chi connectivity index (χ0n) is 20.9. The highest BCUT2D eigenvalue weighted by molar-refractivity contribution is 7.90. The molecule has 0 aliphatic rings. The Balaban J connectivity index is 0.000000261. The Morgan fingerprint density at radius 2 is 1.61 bits per heavy atom. The van der Waals surface area contributed by atoms with Crippen LogP contribution < -0.4 is 16.4 Å². The lowest BCUT2D eigenvalue weighted by Crippen LogP contribution is -2.18. The first-order valence-electron chi connectivity index (χ1n) is 11.5. The SMILES string of the molecule is CC(C)C[C@H](C)Nc1cccc(C(=N)N)c1.CS(=O)(=O)c1ccccc1-c1ccc(NC(=O)O)cc1. The number of rotatable bonds is 8. The molecule has 1 atom stereocenters. The molecule has 36 heavy (non-hydrogen) atoms. The largest absolute Gasteiger partial charge is 0.465 e. The number of anilines is 2. The highest BCUT2D eigenvalue weighted by Crippen LogP contribution is 2.28. The van der Waals surface area contributed by atoms with E-state index in [1.165, 1.54) is 0 Å². The van der Waals surface area contributed by atoms with Gasteiger partial charge in [0.05, 0.1) is 4.90 Å². The van der Waals surface area contributed by atoms with Crippen molar-refractivity contribution in [1.82, 2.24) is 0 Å². The number of hydrogen-bond acceptors (Lipinski definition) is 5. The first kappa shape index (κ1) is 28.4. The van der Waals surface area contributed by atoms with Gasteiger partial charge in [0, 0.05) is 34.8 Å². The average Bonchev–Trinajstić information content (AvgIpc) is 2.78. The number of sulfone groups is 1. The molecule has 0 spiro atoms. The number of nitrogens with one attached hydrogen (secondary N) is 3. The van der Waals surface area contributed by atoms with Crippen LogP contribution in [0.5, 0.6) is 0 Å². The van der Waals surface area contributed by atoms with Gasteiger partial charge in [-0.3, -0.25) is 10.7 Å². The van der Waals surface area contributed by atoms with Crippen molar-refractivity contribution in [3.63, 3.8) is 0 Å². The fourth-order valence-electron chi connectivity index (χ4n) is 3.71. The lowest BCUT2D eigenvalue weighted by molar-refractivity contribution is 0.209. The minimum Gasteiger partial charge on any atom is -0.465 e. The summed E-state index contributed by atoms with van der Waals surface area (Å²) in [5.74, 6) is 0.790. The molecular formula is C27H34N4O4S. The second-order valence-electron chi connectivity index (χ2n) is 8.95. The molecule has 3 rings (SSSR count). The van der Waals surface area contributed by atoms with Gasteiger partial charge in [0.15, 0.2) is 9.84 Å². The number of nitrogens with two attached hydrogens (primary N) is 1. The Hall–Kier alpha value is -3.85. The molecule has 0 aliphatic carbocycles. The summed E-state index contributed by atoms with van der Waals surface area (Å²) in [5, 5.41) is 21.6. The maximum atomic E-state index is 11.7. The average molecular weight is 511 g/mol. The minimum absolute atomic E-state index is 0.111. The molecule has 8 nitrogen and oxygen atoms in total. The number of hydrogen-bond donors (Lipinski definition) is 5. The Labute approximate surface area is 213 Å². The molecular weight excluding hydrogens is 476 g/mol. The number of nitrogen functional groups attached to an aromatic ring is 1. The topological polar surface area (TPSA) is 145 Å². The van der Waals surface area contributed by atoms with Gasteiger partial charge in [-0.05, 0) is 55.2 Å². The third kappa shape index (κ3) is 9.07. The molecule has 0 aliphatic heterocycles. The number of carbonyl (C=O) groups is 1. The van der Waals surface area contributed by atoms with Crippen molar-refractivity contribution < 1.29 is 18.3 Å². The summed E-state index contributed by atoms with van der Waals surface area (Å²) in [7, 11) is -3.32. The zero-order chi connectivity index (χ0) is 26.9. The van der Waals surface area contributed by atoms with E-state index in [0.29, 0.717) is 28.8 Å². The van der Waals surface area contributed by atoms with E-state index in [1.54, 1.807) is 48.5 Å². The number of amides is 1. The van der Waals surface area contributed by atoms with E-state index < -0.39 is 15.9 Å². The standard InChI is InChI=1S/C14H13NO4S.C13H21N3/c1-20(18,19)13-5-3-2-4-12(13)10-6-8-11(9-7-10)15-14(16)17;1-9(2)7-10(3)16-12-6-4-5-11(8-12)13(14)15/h2-9,15H,1H3,(H,16,17);4-6,8-10,16H,7H2,1-3H3,(H3,14,15)/t;10-/m.0/s1. The van der Waals surface area contributed by atoms with E-state index in [-0.39, 0.29) is 10.7 Å². The minimum atomic E-state index is -3.32. The van der Waals surface area contributed by atoms with Crippen molar-refractivity contribution in [3.05, 3.63) is 78.4 Å². The summed E-state index contributed by atoms with van der Waals surface area (Å²) in [6.07, 6.45) is 1.14. The first-order chi connectivity index (χ1) is 16.9. The van der Waals surface area contributed by atoms with Crippen molar-refractivity contribution in [2.45, 2.75) is 38.1 Å². The van der Waals surface area contributed by atoms with Crippen molar-refractivity contribution in [1.29, 1.82) is 5.41 Å². The van der Waals surface area contributed by atoms with Crippen LogP contribution >= 0.6 is 0 Å². The third-order valence-electron chi connectivity index (χ3n) is 5.15. The van der Waals surface area contributed by atoms with Crippen LogP contribution in [0.4, 0.5) is 16.2 Å². The van der Waals surface area contributed by atoms with Crippen LogP contribution in [-0.4, -0.2) is 37.8 Å². The molecule has 0 fully saturated rings. The molecule has 3 aromatic carbocycles. The molecule has 192 valence electrons. The second-order valence-corrected chi connectivity index (χ2v) is 10.9. The highest BCUT2D eigenvalue weighted by Gasteiger charge is 2.13. The van der Waals surface area contributed by atoms with E-state index >= 15 is 0 Å². The quantitative estimate of drug-likeness (QED) is 0.195. The highest BCUT2D eigenvalue weighted by atomic mass is 32.2. The molecule has 0 heterocycles. The number of carboxylic acid groups (broad SMARTS) is 1. The van der Waals surface area contributed by atoms with Crippen LogP contribution in [0.1, 0.15) is 32.8 Å². The normalized spacial score (nSPS) is 11.7. The van der Waals surface area contributed by atoms with Gasteiger partial charge in [-0.1, -0.05) is 56.3 Å². The summed E-state index contributed by atoms with van der Waals surface area (Å²) < 4.78 is 23.5. The van der Waals surface area contributed by atoms with Gasteiger partial charge < -0.3 is 16.2 Å². The Morgan fingerprint density at radius 1 is 0.972 bits per heavy atom. The molecule has 1 amide bonds. The van der Waals surface area contributed by atoms with Crippen LogP contribution in [0.2, 0.25) is 0 Å². The Bertz CT molecular complexity index is 1290. The first-order valence-corrected chi connectivity index (χ1v) is 13.4. The summed E-state index contributed by atoms with van der Waals surface area (Å²) >= 11 is 0. The molecule has 0 saturated carbocycles. The Kier molecular flexibility index (Phi) is 10.0. The van der Waals surface area contributed by atoms with Crippen LogP contribution in [0.25, 0.3) is 11.1 Å². The van der Waals surface area contributed by atoms with E-state index in [4.69, 9.17) is 16.2 Å². The maximum absolute atomic E-state index is 11.7. The van der Waals surface area contributed by atoms with Crippen LogP contribution in [0, 0.1) is 11.3 Å². The molecule has 3 aromatic rings. The zero-order valence-corrected chi connectivity index (χ0v) is 21.8. The van der Waals surface area contributed by atoms with Crippen LogP contribution in [-0.2, 0) is 9.84 Å². The number of amidine groups is 1. The number of benzene rings is 3. The summed E-state index contributed by atoms with van der Waals surface area (Å²) in [4.78, 5) is 10.8. The predicted octanol–water partition coefficient (Wildman–Crippen LogP) is 5.66. The van der Waals surface area contributed by atoms with Crippen LogP contribution in [0.15, 0.2) is 77.7 Å². The fraction of sp³-hybridized carbons (Fsp3) is 0.259. The van der Waals surface area contributed by atoms with Crippen molar-refractivity contribution >= 4 is 33.1 Å². The molecule has 0 bridgehead atoms. The summed E-state index contributed by atoms with van der Waals surface area (Å²) in [6.45, 7) is 6.59. The van der Waals surface area contributed by atoms with Gasteiger partial charge in [-0.15, -0.1) is 0 Å².